The Morgan fingerprint density at radius 1 is 1.17 bits per heavy atom. The van der Waals surface area contributed by atoms with Crippen LogP contribution in [0.4, 0.5) is 5.69 Å². The monoisotopic (exact) mass is 450 g/mol. The highest BCUT2D eigenvalue weighted by atomic mass is 79.9. The Kier molecular flexibility index (Phi) is 5.96. The molecule has 0 spiro atoms. The first-order valence-electron chi connectivity index (χ1n) is 8.50. The molecule has 7 heteroatoms. The number of aryl methyl sites for hydroxylation is 1. The van der Waals surface area contributed by atoms with Gasteiger partial charge in [0.05, 0.1) is 5.56 Å². The lowest BCUT2D eigenvalue weighted by Gasteiger charge is -2.05. The van der Waals surface area contributed by atoms with E-state index in [4.69, 9.17) is 9.52 Å². The maximum absolute atomic E-state index is 12.4. The molecular weight excluding hydrogens is 436 g/mol. The highest BCUT2D eigenvalue weighted by Crippen LogP contribution is 2.31. The van der Waals surface area contributed by atoms with Gasteiger partial charge in [-0.1, -0.05) is 28.1 Å². The van der Waals surface area contributed by atoms with Gasteiger partial charge in [0.2, 0.25) is 0 Å². The van der Waals surface area contributed by atoms with E-state index in [2.05, 4.69) is 21.2 Å². The molecule has 3 rings (SSSR count). The molecule has 0 aliphatic rings. The SMILES string of the molecule is Cc1ccc(-c2ccc(/C=C(\C#N)C(=O)Nc3cccc(C(=O)O)c3)o2)c(Br)c1. The summed E-state index contributed by atoms with van der Waals surface area (Å²) in [6, 6.07) is 16.9. The number of furan rings is 1. The molecule has 0 radical (unpaired) electrons. The van der Waals surface area contributed by atoms with Gasteiger partial charge in [-0.2, -0.15) is 5.26 Å². The summed E-state index contributed by atoms with van der Waals surface area (Å²) in [5.74, 6) is -0.833. The third kappa shape index (κ3) is 4.81. The van der Waals surface area contributed by atoms with E-state index in [-0.39, 0.29) is 16.8 Å². The smallest absolute Gasteiger partial charge is 0.335 e. The predicted molar refractivity (Wildman–Crippen MR) is 112 cm³/mol. The topological polar surface area (TPSA) is 103 Å². The van der Waals surface area contributed by atoms with E-state index in [1.165, 1.54) is 24.3 Å². The second kappa shape index (κ2) is 8.59. The number of carbonyl (C=O) groups is 2. The summed E-state index contributed by atoms with van der Waals surface area (Å²) in [7, 11) is 0. The minimum absolute atomic E-state index is 0.0321. The molecule has 1 amide bonds. The molecule has 0 saturated heterocycles. The first-order chi connectivity index (χ1) is 13.9. The van der Waals surface area contributed by atoms with E-state index in [1.54, 1.807) is 18.2 Å². The van der Waals surface area contributed by atoms with Crippen molar-refractivity contribution in [2.75, 3.05) is 5.32 Å². The average molecular weight is 451 g/mol. The van der Waals surface area contributed by atoms with Gasteiger partial charge in [0.25, 0.3) is 5.91 Å². The average Bonchev–Trinajstić information content (AvgIpc) is 3.14. The molecule has 29 heavy (non-hydrogen) atoms. The van der Waals surface area contributed by atoms with Gasteiger partial charge in [-0.3, -0.25) is 4.79 Å². The fourth-order valence-corrected chi connectivity index (χ4v) is 3.30. The van der Waals surface area contributed by atoms with Gasteiger partial charge in [0.1, 0.15) is 23.2 Å². The number of nitrogens with zero attached hydrogens (tertiary/aromatic N) is 1. The highest BCUT2D eigenvalue weighted by Gasteiger charge is 2.13. The molecule has 6 nitrogen and oxygen atoms in total. The van der Waals surface area contributed by atoms with Crippen molar-refractivity contribution in [3.05, 3.63) is 81.5 Å². The van der Waals surface area contributed by atoms with Crippen molar-refractivity contribution in [3.63, 3.8) is 0 Å². The number of nitriles is 1. The number of amides is 1. The van der Waals surface area contributed by atoms with Crippen LogP contribution in [0.1, 0.15) is 21.7 Å². The van der Waals surface area contributed by atoms with E-state index >= 15 is 0 Å². The molecule has 2 N–H and O–H groups in total. The number of hydrogen-bond acceptors (Lipinski definition) is 4. The molecule has 3 aromatic rings. The Hall–Kier alpha value is -3.63. The van der Waals surface area contributed by atoms with Crippen LogP contribution in [-0.4, -0.2) is 17.0 Å². The van der Waals surface area contributed by atoms with Gasteiger partial charge in [0, 0.05) is 21.8 Å². The molecule has 0 unspecified atom stereocenters. The summed E-state index contributed by atoms with van der Waals surface area (Å²) in [5, 5.41) is 20.9. The van der Waals surface area contributed by atoms with Crippen LogP contribution in [0.3, 0.4) is 0 Å². The van der Waals surface area contributed by atoms with Crippen LogP contribution in [0.15, 0.2) is 69.1 Å². The fraction of sp³-hybridized carbons (Fsp3) is 0.0455. The number of carboxylic acids is 1. The second-order valence-electron chi connectivity index (χ2n) is 6.20. The standard InChI is InChI=1S/C22H15BrN2O4/c1-13-5-7-18(19(23)9-13)20-8-6-17(29-20)11-15(12-24)21(26)25-16-4-2-3-14(10-16)22(27)28/h2-11H,1H3,(H,25,26)(H,27,28)/b15-11+. The van der Waals surface area contributed by atoms with Crippen LogP contribution in [0.25, 0.3) is 17.4 Å². The van der Waals surface area contributed by atoms with Crippen molar-refractivity contribution >= 4 is 39.6 Å². The van der Waals surface area contributed by atoms with Gasteiger partial charge in [-0.25, -0.2) is 4.79 Å². The molecular formula is C22H15BrN2O4. The first kappa shape index (κ1) is 20.1. The van der Waals surface area contributed by atoms with Crippen molar-refractivity contribution in [1.82, 2.24) is 0 Å². The molecule has 0 aliphatic carbocycles. The summed E-state index contributed by atoms with van der Waals surface area (Å²) in [6.45, 7) is 1.98. The molecule has 0 aliphatic heterocycles. The minimum atomic E-state index is -1.11. The fourth-order valence-electron chi connectivity index (χ4n) is 2.61. The van der Waals surface area contributed by atoms with Crippen LogP contribution in [0.5, 0.6) is 0 Å². The van der Waals surface area contributed by atoms with Gasteiger partial charge < -0.3 is 14.8 Å². The van der Waals surface area contributed by atoms with Crippen molar-refractivity contribution < 1.29 is 19.1 Å². The number of carboxylic acid groups (broad SMARTS) is 1. The lowest BCUT2D eigenvalue weighted by atomic mass is 10.1. The molecule has 144 valence electrons. The highest BCUT2D eigenvalue weighted by molar-refractivity contribution is 9.10. The Labute approximate surface area is 175 Å². The Bertz CT molecular complexity index is 1170. The Balaban J connectivity index is 1.82. The number of halogens is 1. The number of nitrogens with one attached hydrogen (secondary N) is 1. The quantitative estimate of drug-likeness (QED) is 0.407. The van der Waals surface area contributed by atoms with Crippen molar-refractivity contribution in [2.24, 2.45) is 0 Å². The predicted octanol–water partition coefficient (Wildman–Crippen LogP) is 5.26. The number of benzene rings is 2. The summed E-state index contributed by atoms with van der Waals surface area (Å²) in [4.78, 5) is 23.4. The Morgan fingerprint density at radius 3 is 2.66 bits per heavy atom. The molecule has 1 heterocycles. The third-order valence-electron chi connectivity index (χ3n) is 4.04. The van der Waals surface area contributed by atoms with Gasteiger partial charge in [0.15, 0.2) is 0 Å². The van der Waals surface area contributed by atoms with Crippen LogP contribution in [0, 0.1) is 18.3 Å². The van der Waals surface area contributed by atoms with Crippen molar-refractivity contribution in [2.45, 2.75) is 6.92 Å². The largest absolute Gasteiger partial charge is 0.478 e. The second-order valence-corrected chi connectivity index (χ2v) is 7.05. The molecule has 1 aromatic heterocycles. The first-order valence-corrected chi connectivity index (χ1v) is 9.29. The number of hydrogen-bond donors (Lipinski definition) is 2. The van der Waals surface area contributed by atoms with Gasteiger partial charge >= 0.3 is 5.97 Å². The van der Waals surface area contributed by atoms with Crippen LogP contribution >= 0.6 is 15.9 Å². The molecule has 0 bridgehead atoms. The van der Waals surface area contributed by atoms with Crippen LogP contribution < -0.4 is 5.32 Å². The van der Waals surface area contributed by atoms with Crippen LogP contribution in [0.2, 0.25) is 0 Å². The normalized spacial score (nSPS) is 11.0. The van der Waals surface area contributed by atoms with Gasteiger partial charge in [-0.05, 0) is 55.0 Å². The number of aromatic carboxylic acids is 1. The summed E-state index contributed by atoms with van der Waals surface area (Å²) in [6.07, 6.45) is 1.34. The maximum Gasteiger partial charge on any atom is 0.335 e. The third-order valence-corrected chi connectivity index (χ3v) is 4.69. The van der Waals surface area contributed by atoms with E-state index in [0.29, 0.717) is 11.5 Å². The van der Waals surface area contributed by atoms with E-state index in [9.17, 15) is 14.9 Å². The summed E-state index contributed by atoms with van der Waals surface area (Å²) >= 11 is 3.50. The molecule has 0 saturated carbocycles. The lowest BCUT2D eigenvalue weighted by Crippen LogP contribution is -2.13. The molecule has 0 atom stereocenters. The zero-order valence-corrected chi connectivity index (χ0v) is 16.9. The minimum Gasteiger partial charge on any atom is -0.478 e. The number of carbonyl (C=O) groups excluding carboxylic acids is 1. The summed E-state index contributed by atoms with van der Waals surface area (Å²) in [5.41, 5.74) is 2.09. The van der Waals surface area contributed by atoms with Gasteiger partial charge in [-0.15, -0.1) is 0 Å². The Morgan fingerprint density at radius 2 is 1.97 bits per heavy atom. The zero-order chi connectivity index (χ0) is 21.0. The number of rotatable bonds is 5. The van der Waals surface area contributed by atoms with Crippen molar-refractivity contribution in [3.8, 4) is 17.4 Å². The van der Waals surface area contributed by atoms with E-state index in [1.807, 2.05) is 31.2 Å². The molecule has 0 fully saturated rings. The van der Waals surface area contributed by atoms with Crippen molar-refractivity contribution in [1.29, 1.82) is 5.26 Å². The van der Waals surface area contributed by atoms with E-state index < -0.39 is 11.9 Å². The maximum atomic E-state index is 12.4. The number of anilines is 1. The van der Waals surface area contributed by atoms with Crippen LogP contribution in [-0.2, 0) is 4.79 Å². The summed E-state index contributed by atoms with van der Waals surface area (Å²) < 4.78 is 6.63. The zero-order valence-electron chi connectivity index (χ0n) is 15.3. The van der Waals surface area contributed by atoms with E-state index in [0.717, 1.165) is 15.6 Å². The lowest BCUT2D eigenvalue weighted by molar-refractivity contribution is -0.112. The molecule has 2 aromatic carbocycles.